The molecule has 3 heterocycles. The molecule has 0 amide bonds. The molecule has 1 saturated heterocycles. The van der Waals surface area contributed by atoms with Gasteiger partial charge in [-0.2, -0.15) is 0 Å². The van der Waals surface area contributed by atoms with Crippen molar-refractivity contribution in [2.75, 3.05) is 7.05 Å². The molecular weight excluding hydrogens is 376 g/mol. The van der Waals surface area contributed by atoms with Crippen LogP contribution in [0.1, 0.15) is 24.0 Å². The number of benzene rings is 2. The van der Waals surface area contributed by atoms with Crippen LogP contribution in [0.4, 0.5) is 8.78 Å². The Morgan fingerprint density at radius 3 is 2.07 bits per heavy atom. The summed E-state index contributed by atoms with van der Waals surface area (Å²) in [5.41, 5.74) is -1.91. The second-order valence-electron chi connectivity index (χ2n) is 7.89. The first kappa shape index (κ1) is 18.3. The van der Waals surface area contributed by atoms with Crippen molar-refractivity contribution < 1.29 is 23.0 Å². The lowest BCUT2D eigenvalue weighted by Gasteiger charge is -2.40. The molecule has 3 aliphatic heterocycles. The number of nitrogens with zero attached hydrogens (tertiary/aromatic N) is 1. The minimum Gasteiger partial charge on any atom is -0.461 e. The Morgan fingerprint density at radius 1 is 1.03 bits per heavy atom. The number of alkyl halides is 2. The molecule has 0 N–H and O–H groups in total. The highest BCUT2D eigenvalue weighted by atomic mass is 19.3. The maximum absolute atomic E-state index is 14.8. The van der Waals surface area contributed by atoms with Crippen molar-refractivity contribution in [3.05, 3.63) is 71.8 Å². The summed E-state index contributed by atoms with van der Waals surface area (Å²) in [6.45, 7) is 0. The predicted octanol–water partition coefficient (Wildman–Crippen LogP) is 4.29. The minimum atomic E-state index is -2.98. The van der Waals surface area contributed by atoms with E-state index >= 15 is 0 Å². The van der Waals surface area contributed by atoms with Crippen LogP contribution in [0.25, 0.3) is 0 Å². The lowest BCUT2D eigenvalue weighted by atomic mass is 9.72. The maximum Gasteiger partial charge on any atom is 0.327 e. The van der Waals surface area contributed by atoms with Gasteiger partial charge in [0.2, 0.25) is 0 Å². The third-order valence-corrected chi connectivity index (χ3v) is 6.38. The number of carbonyl (C=O) groups excluding carboxylic acids is 1. The Balaban J connectivity index is 1.57. The zero-order valence-electron chi connectivity index (χ0n) is 15.9. The predicted molar refractivity (Wildman–Crippen MR) is 103 cm³/mol. The zero-order valence-corrected chi connectivity index (χ0v) is 15.9. The normalized spacial score (nSPS) is 26.6. The van der Waals surface area contributed by atoms with Gasteiger partial charge in [-0.3, -0.25) is 9.69 Å². The van der Waals surface area contributed by atoms with E-state index in [0.29, 0.717) is 12.8 Å². The highest BCUT2D eigenvalue weighted by Crippen LogP contribution is 2.52. The molecule has 2 bridgehead atoms. The van der Waals surface area contributed by atoms with Crippen molar-refractivity contribution >= 4 is 5.97 Å². The first-order valence-electron chi connectivity index (χ1n) is 9.78. The van der Waals surface area contributed by atoms with Gasteiger partial charge in [-0.15, -0.1) is 0 Å². The SMILES string of the molecule is CN1C2C=CC1CC(OC(=O)C1(C(F)F)c3ccccc3Oc3ccccc31)C2. The lowest BCUT2D eigenvalue weighted by Crippen LogP contribution is -2.50. The van der Waals surface area contributed by atoms with Crippen LogP contribution >= 0.6 is 0 Å². The van der Waals surface area contributed by atoms with Crippen LogP contribution in [0.15, 0.2) is 60.7 Å². The van der Waals surface area contributed by atoms with E-state index in [0.717, 1.165) is 0 Å². The smallest absolute Gasteiger partial charge is 0.327 e. The standard InChI is InChI=1S/C23H21F2NO3/c1-26-14-10-11-15(26)13-16(12-14)28-22(27)23(21(24)25)17-6-2-4-8-19(17)29-20-9-5-3-7-18(20)23/h2-11,14-16,21H,12-13H2,1H3. The van der Waals surface area contributed by atoms with Crippen molar-refractivity contribution in [1.82, 2.24) is 4.90 Å². The van der Waals surface area contributed by atoms with E-state index in [1.165, 1.54) is 12.1 Å². The first-order chi connectivity index (χ1) is 14.0. The molecule has 0 radical (unpaired) electrons. The van der Waals surface area contributed by atoms with Crippen LogP contribution in [0.5, 0.6) is 11.5 Å². The quantitative estimate of drug-likeness (QED) is 0.572. The topological polar surface area (TPSA) is 38.8 Å². The van der Waals surface area contributed by atoms with Gasteiger partial charge in [0.05, 0.1) is 0 Å². The number of fused-ring (bicyclic) bond motifs is 4. The van der Waals surface area contributed by atoms with Crippen LogP contribution in [0, 0.1) is 0 Å². The molecule has 0 aliphatic carbocycles. The molecule has 0 saturated carbocycles. The molecular formula is C23H21F2NO3. The second-order valence-corrected chi connectivity index (χ2v) is 7.89. The van der Waals surface area contributed by atoms with E-state index in [2.05, 4.69) is 17.1 Å². The Morgan fingerprint density at radius 2 is 1.55 bits per heavy atom. The molecule has 2 atom stereocenters. The molecule has 2 aromatic carbocycles. The number of halogens is 2. The summed E-state index contributed by atoms with van der Waals surface area (Å²) in [6, 6.07) is 13.3. The molecule has 3 aliphatic rings. The molecule has 2 aromatic rings. The van der Waals surface area contributed by atoms with Crippen LogP contribution in [-0.2, 0) is 14.9 Å². The molecule has 0 spiro atoms. The van der Waals surface area contributed by atoms with Crippen LogP contribution < -0.4 is 4.74 Å². The fourth-order valence-corrected chi connectivity index (χ4v) is 4.81. The Kier molecular flexibility index (Phi) is 4.21. The Bertz CT molecular complexity index is 928. The zero-order chi connectivity index (χ0) is 20.2. The van der Waals surface area contributed by atoms with Gasteiger partial charge in [0.25, 0.3) is 6.43 Å². The molecule has 4 nitrogen and oxygen atoms in total. The molecule has 2 unspecified atom stereocenters. The number of ether oxygens (including phenoxy) is 2. The maximum atomic E-state index is 14.8. The Hall–Kier alpha value is -2.73. The number of hydrogen-bond acceptors (Lipinski definition) is 4. The van der Waals surface area contributed by atoms with Crippen molar-refractivity contribution in [1.29, 1.82) is 0 Å². The van der Waals surface area contributed by atoms with Crippen LogP contribution in [-0.4, -0.2) is 42.5 Å². The van der Waals surface area contributed by atoms with Crippen molar-refractivity contribution in [2.24, 2.45) is 0 Å². The van der Waals surface area contributed by atoms with E-state index in [1.54, 1.807) is 36.4 Å². The Labute approximate surface area is 167 Å². The first-order valence-corrected chi connectivity index (χ1v) is 9.78. The summed E-state index contributed by atoms with van der Waals surface area (Å²) in [7, 11) is 2.03. The van der Waals surface area contributed by atoms with Gasteiger partial charge in [0.1, 0.15) is 17.6 Å². The van der Waals surface area contributed by atoms with E-state index < -0.39 is 23.9 Å². The fraction of sp³-hybridized carbons (Fsp3) is 0.348. The van der Waals surface area contributed by atoms with Gasteiger partial charge in [-0.05, 0) is 19.2 Å². The van der Waals surface area contributed by atoms with Crippen LogP contribution in [0.3, 0.4) is 0 Å². The third kappa shape index (κ3) is 2.62. The van der Waals surface area contributed by atoms with Crippen molar-refractivity contribution in [2.45, 2.75) is 42.9 Å². The third-order valence-electron chi connectivity index (χ3n) is 6.38. The molecule has 150 valence electrons. The van der Waals surface area contributed by atoms with E-state index in [1.807, 2.05) is 7.05 Å². The molecule has 0 aromatic heterocycles. The summed E-state index contributed by atoms with van der Waals surface area (Å²) < 4.78 is 41.2. The highest BCUT2D eigenvalue weighted by Gasteiger charge is 2.57. The summed E-state index contributed by atoms with van der Waals surface area (Å²) >= 11 is 0. The molecule has 29 heavy (non-hydrogen) atoms. The van der Waals surface area contributed by atoms with Crippen molar-refractivity contribution in [3.8, 4) is 11.5 Å². The average molecular weight is 397 g/mol. The second kappa shape index (κ2) is 6.66. The fourth-order valence-electron chi connectivity index (χ4n) is 4.81. The number of para-hydroxylation sites is 2. The number of esters is 1. The average Bonchev–Trinajstić information content (AvgIpc) is 2.92. The molecule has 1 fully saturated rings. The van der Waals surface area contributed by atoms with Gasteiger partial charge in [0.15, 0.2) is 5.41 Å². The van der Waals surface area contributed by atoms with Gasteiger partial charge >= 0.3 is 5.97 Å². The van der Waals surface area contributed by atoms with Gasteiger partial charge in [-0.1, -0.05) is 48.6 Å². The number of rotatable bonds is 3. The summed E-state index contributed by atoms with van der Waals surface area (Å²) in [5, 5.41) is 0. The number of carbonyl (C=O) groups is 1. The lowest BCUT2D eigenvalue weighted by molar-refractivity contribution is -0.163. The van der Waals surface area contributed by atoms with Gasteiger partial charge in [-0.25, -0.2) is 8.78 Å². The largest absolute Gasteiger partial charge is 0.461 e. The van der Waals surface area contributed by atoms with Gasteiger partial charge < -0.3 is 9.47 Å². The summed E-state index contributed by atoms with van der Waals surface area (Å²) in [4.78, 5) is 15.7. The van der Waals surface area contributed by atoms with Crippen LogP contribution in [0.2, 0.25) is 0 Å². The van der Waals surface area contributed by atoms with Crippen molar-refractivity contribution in [3.63, 3.8) is 0 Å². The van der Waals surface area contributed by atoms with E-state index in [9.17, 15) is 13.6 Å². The van der Waals surface area contributed by atoms with Gasteiger partial charge in [0, 0.05) is 36.1 Å². The van der Waals surface area contributed by atoms with E-state index in [4.69, 9.17) is 9.47 Å². The molecule has 6 heteroatoms. The molecule has 5 rings (SSSR count). The van der Waals surface area contributed by atoms with E-state index in [-0.39, 0.29) is 34.7 Å². The summed E-state index contributed by atoms with van der Waals surface area (Å²) in [6.07, 6.45) is 2.02. The number of piperidine rings is 1. The highest BCUT2D eigenvalue weighted by molar-refractivity contribution is 5.91. The summed E-state index contributed by atoms with van der Waals surface area (Å²) in [5.74, 6) is -0.396. The number of likely N-dealkylation sites (N-methyl/N-ethyl adjacent to an activating group) is 1. The monoisotopic (exact) mass is 397 g/mol. The minimum absolute atomic E-state index is 0.146. The number of hydrogen-bond donors (Lipinski definition) is 0.